The zero-order valence-corrected chi connectivity index (χ0v) is 11.4. The molecular weight excluding hydrogens is 283 g/mol. The number of aliphatic hydroxyl groups is 1. The molecule has 0 fully saturated rings. The van der Waals surface area contributed by atoms with Crippen molar-refractivity contribution in [3.63, 3.8) is 0 Å². The molecule has 0 heterocycles. The minimum atomic E-state index is -0.948. The van der Waals surface area contributed by atoms with Crippen LogP contribution in [-0.2, 0) is 0 Å². The van der Waals surface area contributed by atoms with Crippen molar-refractivity contribution < 1.29 is 14.6 Å². The van der Waals surface area contributed by atoms with Crippen molar-refractivity contribution in [3.8, 4) is 5.75 Å². The fourth-order valence-corrected chi connectivity index (χ4v) is 1.94. The van der Waals surface area contributed by atoms with E-state index in [1.165, 1.54) is 30.5 Å². The van der Waals surface area contributed by atoms with Gasteiger partial charge in [0, 0.05) is 23.0 Å². The van der Waals surface area contributed by atoms with Gasteiger partial charge in [-0.25, -0.2) is 4.39 Å². The number of phenolic OH excluding ortho intramolecular Hbond substituents is 1. The maximum absolute atomic E-state index is 13.2. The number of anilines is 1. The van der Waals surface area contributed by atoms with E-state index in [1.54, 1.807) is 6.92 Å². The van der Waals surface area contributed by atoms with Crippen molar-refractivity contribution in [2.45, 2.75) is 12.5 Å². The summed E-state index contributed by atoms with van der Waals surface area (Å²) in [4.78, 5) is 0. The highest BCUT2D eigenvalue weighted by molar-refractivity contribution is 6.31. The first-order valence-electron chi connectivity index (χ1n) is 5.83. The van der Waals surface area contributed by atoms with Crippen LogP contribution in [0.3, 0.4) is 0 Å². The Morgan fingerprint density at radius 2 is 2.05 bits per heavy atom. The van der Waals surface area contributed by atoms with Crippen molar-refractivity contribution in [2.24, 2.45) is 5.73 Å². The molecule has 6 heteroatoms. The van der Waals surface area contributed by atoms with Gasteiger partial charge in [0.05, 0.1) is 5.54 Å². The van der Waals surface area contributed by atoms with E-state index < -0.39 is 17.1 Å². The van der Waals surface area contributed by atoms with Gasteiger partial charge < -0.3 is 21.3 Å². The number of phenols is 1. The lowest BCUT2D eigenvalue weighted by molar-refractivity contribution is 0.425. The number of hydrogen-bond acceptors (Lipinski definition) is 4. The topological polar surface area (TPSA) is 78.5 Å². The second-order valence-electron chi connectivity index (χ2n) is 4.67. The maximum atomic E-state index is 13.2. The quantitative estimate of drug-likeness (QED) is 0.632. The van der Waals surface area contributed by atoms with Crippen molar-refractivity contribution in [1.82, 2.24) is 0 Å². The van der Waals surface area contributed by atoms with Crippen molar-refractivity contribution in [2.75, 3.05) is 5.32 Å². The number of aliphatic hydroxyl groups excluding tert-OH is 1. The lowest BCUT2D eigenvalue weighted by atomic mass is 9.88. The van der Waals surface area contributed by atoms with Gasteiger partial charge >= 0.3 is 0 Å². The molecular formula is C14H14ClFN2O2. The summed E-state index contributed by atoms with van der Waals surface area (Å²) in [7, 11) is 0. The normalized spacial score (nSPS) is 24.3. The summed E-state index contributed by atoms with van der Waals surface area (Å²) in [5, 5.41) is 21.8. The van der Waals surface area contributed by atoms with E-state index in [-0.39, 0.29) is 5.76 Å². The molecule has 0 amide bonds. The highest BCUT2D eigenvalue weighted by Gasteiger charge is 2.30. The summed E-state index contributed by atoms with van der Waals surface area (Å²) in [5.41, 5.74) is 6.09. The van der Waals surface area contributed by atoms with Gasteiger partial charge in [-0.2, -0.15) is 0 Å². The number of rotatable bonds is 2. The standard InChI is InChI=1S/C14H14ClFN2O2/c1-14(17)8(4-10(19)6-13(14)15)7-18-9-2-3-12(20)11(16)5-9/h2-7,18-20H,17H2,1H3/b8-7-. The Labute approximate surface area is 120 Å². The molecule has 2 rings (SSSR count). The third kappa shape index (κ3) is 2.79. The monoisotopic (exact) mass is 296 g/mol. The molecule has 0 aliphatic heterocycles. The molecule has 106 valence electrons. The van der Waals surface area contributed by atoms with Crippen LogP contribution in [0.1, 0.15) is 6.92 Å². The number of allylic oxidation sites excluding steroid dienone is 1. The van der Waals surface area contributed by atoms with E-state index in [0.29, 0.717) is 16.3 Å². The lowest BCUT2D eigenvalue weighted by Gasteiger charge is -2.28. The molecule has 1 aliphatic rings. The van der Waals surface area contributed by atoms with Crippen LogP contribution < -0.4 is 11.1 Å². The molecule has 0 bridgehead atoms. The largest absolute Gasteiger partial charge is 0.508 e. The molecule has 0 aromatic heterocycles. The second kappa shape index (κ2) is 5.19. The Morgan fingerprint density at radius 1 is 1.35 bits per heavy atom. The van der Waals surface area contributed by atoms with E-state index in [4.69, 9.17) is 22.4 Å². The minimum Gasteiger partial charge on any atom is -0.508 e. The summed E-state index contributed by atoms with van der Waals surface area (Å²) in [5.74, 6) is -1.17. The van der Waals surface area contributed by atoms with Gasteiger partial charge in [0.2, 0.25) is 0 Å². The van der Waals surface area contributed by atoms with Crippen LogP contribution in [-0.4, -0.2) is 15.8 Å². The first-order valence-corrected chi connectivity index (χ1v) is 6.21. The van der Waals surface area contributed by atoms with Gasteiger partial charge in [0.1, 0.15) is 5.76 Å². The SMILES string of the molecule is CC1(N)C(Cl)=CC(O)=C/C1=C/Nc1ccc(O)c(F)c1. The van der Waals surface area contributed by atoms with Crippen LogP contribution in [0.5, 0.6) is 5.75 Å². The van der Waals surface area contributed by atoms with Crippen LogP contribution in [0, 0.1) is 5.82 Å². The molecule has 1 unspecified atom stereocenters. The molecule has 0 radical (unpaired) electrons. The zero-order chi connectivity index (χ0) is 14.9. The van der Waals surface area contributed by atoms with Crippen LogP contribution in [0.4, 0.5) is 10.1 Å². The van der Waals surface area contributed by atoms with Crippen molar-refractivity contribution in [3.05, 3.63) is 58.7 Å². The highest BCUT2D eigenvalue weighted by atomic mass is 35.5. The molecule has 1 aliphatic carbocycles. The fraction of sp³-hybridized carbons (Fsp3) is 0.143. The molecule has 4 nitrogen and oxygen atoms in total. The fourth-order valence-electron chi connectivity index (χ4n) is 1.72. The number of halogens is 2. The van der Waals surface area contributed by atoms with E-state index in [2.05, 4.69) is 5.32 Å². The average Bonchev–Trinajstić information content (AvgIpc) is 2.36. The van der Waals surface area contributed by atoms with Gasteiger partial charge in [-0.1, -0.05) is 11.6 Å². The molecule has 0 saturated carbocycles. The Morgan fingerprint density at radius 3 is 2.70 bits per heavy atom. The van der Waals surface area contributed by atoms with Gasteiger partial charge in [-0.15, -0.1) is 0 Å². The molecule has 0 spiro atoms. The Bertz CT molecular complexity index is 636. The Balaban J connectivity index is 2.27. The summed E-state index contributed by atoms with van der Waals surface area (Å²) in [6.45, 7) is 1.69. The molecule has 20 heavy (non-hydrogen) atoms. The van der Waals surface area contributed by atoms with E-state index in [0.717, 1.165) is 6.07 Å². The first-order chi connectivity index (χ1) is 9.30. The Kier molecular flexibility index (Phi) is 3.74. The summed E-state index contributed by atoms with van der Waals surface area (Å²) < 4.78 is 13.2. The summed E-state index contributed by atoms with van der Waals surface area (Å²) in [6, 6.07) is 3.89. The predicted octanol–water partition coefficient (Wildman–Crippen LogP) is 3.12. The molecule has 1 atom stereocenters. The molecule has 5 N–H and O–H groups in total. The minimum absolute atomic E-state index is 0.0112. The van der Waals surface area contributed by atoms with Crippen LogP contribution in [0.25, 0.3) is 0 Å². The molecule has 1 aromatic rings. The van der Waals surface area contributed by atoms with E-state index >= 15 is 0 Å². The van der Waals surface area contributed by atoms with Gasteiger partial charge in [-0.05, 0) is 36.8 Å². The van der Waals surface area contributed by atoms with E-state index in [9.17, 15) is 9.50 Å². The van der Waals surface area contributed by atoms with Crippen LogP contribution in [0.15, 0.2) is 52.9 Å². The molecule has 1 aromatic carbocycles. The number of nitrogens with two attached hydrogens (primary N) is 1. The maximum Gasteiger partial charge on any atom is 0.166 e. The summed E-state index contributed by atoms with van der Waals surface area (Å²) in [6.07, 6.45) is 4.37. The number of aromatic hydroxyl groups is 1. The zero-order valence-electron chi connectivity index (χ0n) is 10.7. The number of nitrogens with one attached hydrogen (secondary N) is 1. The lowest BCUT2D eigenvalue weighted by Crippen LogP contribution is -2.40. The second-order valence-corrected chi connectivity index (χ2v) is 5.08. The predicted molar refractivity (Wildman–Crippen MR) is 77.0 cm³/mol. The van der Waals surface area contributed by atoms with Crippen LogP contribution in [0.2, 0.25) is 0 Å². The third-order valence-corrected chi connectivity index (χ3v) is 3.52. The average molecular weight is 297 g/mol. The third-order valence-electron chi connectivity index (χ3n) is 3.02. The number of hydrogen-bond donors (Lipinski definition) is 4. The number of benzene rings is 1. The molecule has 0 saturated heterocycles. The first kappa shape index (κ1) is 14.4. The van der Waals surface area contributed by atoms with E-state index in [1.807, 2.05) is 0 Å². The van der Waals surface area contributed by atoms with Crippen LogP contribution >= 0.6 is 11.6 Å². The van der Waals surface area contributed by atoms with Crippen molar-refractivity contribution in [1.29, 1.82) is 0 Å². The summed E-state index contributed by atoms with van der Waals surface area (Å²) >= 11 is 6.00. The van der Waals surface area contributed by atoms with Gasteiger partial charge in [-0.3, -0.25) is 0 Å². The smallest absolute Gasteiger partial charge is 0.166 e. The van der Waals surface area contributed by atoms with Gasteiger partial charge in [0.25, 0.3) is 0 Å². The van der Waals surface area contributed by atoms with Crippen molar-refractivity contribution >= 4 is 17.3 Å². The highest BCUT2D eigenvalue weighted by Crippen LogP contribution is 2.32. The van der Waals surface area contributed by atoms with Gasteiger partial charge in [0.15, 0.2) is 11.6 Å². The Hall–Kier alpha value is -1.98.